The summed E-state index contributed by atoms with van der Waals surface area (Å²) >= 11 is 0. The SMILES string of the molecule is C=CC(=O)OCCCCOc1ccc(C(=O)Nc2ccc(/N=C/c3ccc(OC(=O)c4ccc(OCCCCOC(=O)C=C)cc4)cc3)cc2C(=O)OC)cc1. The molecule has 1 N–H and O–H groups in total. The van der Waals surface area contributed by atoms with E-state index < -0.39 is 29.8 Å². The second-order valence-corrected chi connectivity index (χ2v) is 11.8. The van der Waals surface area contributed by atoms with Gasteiger partial charge in [0.05, 0.1) is 56.0 Å². The number of methoxy groups -OCH3 is 1. The van der Waals surface area contributed by atoms with Crippen molar-refractivity contribution in [2.45, 2.75) is 25.7 Å². The van der Waals surface area contributed by atoms with Gasteiger partial charge in [-0.25, -0.2) is 19.2 Å². The largest absolute Gasteiger partial charge is 0.494 e. The fourth-order valence-electron chi connectivity index (χ4n) is 4.77. The summed E-state index contributed by atoms with van der Waals surface area (Å²) in [6.45, 7) is 8.10. The molecular formula is C43H42N2O11. The molecule has 0 fully saturated rings. The van der Waals surface area contributed by atoms with Crippen molar-refractivity contribution in [2.75, 3.05) is 38.9 Å². The van der Waals surface area contributed by atoms with Crippen molar-refractivity contribution in [2.24, 2.45) is 4.99 Å². The number of benzene rings is 4. The average molecular weight is 763 g/mol. The topological polar surface area (TPSA) is 165 Å². The number of amides is 1. The van der Waals surface area contributed by atoms with Gasteiger partial charge in [0.1, 0.15) is 17.2 Å². The van der Waals surface area contributed by atoms with E-state index in [0.717, 1.165) is 12.2 Å². The normalized spacial score (nSPS) is 10.5. The molecular weight excluding hydrogens is 720 g/mol. The van der Waals surface area contributed by atoms with Crippen LogP contribution in [0.25, 0.3) is 0 Å². The van der Waals surface area contributed by atoms with Gasteiger partial charge in [-0.15, -0.1) is 0 Å². The molecule has 13 heteroatoms. The molecule has 4 aromatic carbocycles. The zero-order valence-electron chi connectivity index (χ0n) is 30.9. The molecule has 0 spiro atoms. The molecule has 0 radical (unpaired) electrons. The first-order chi connectivity index (χ1) is 27.2. The van der Waals surface area contributed by atoms with E-state index in [4.69, 9.17) is 28.4 Å². The Morgan fingerprint density at radius 3 is 1.68 bits per heavy atom. The van der Waals surface area contributed by atoms with Crippen LogP contribution in [0.1, 0.15) is 62.3 Å². The first-order valence-electron chi connectivity index (χ1n) is 17.6. The van der Waals surface area contributed by atoms with Crippen molar-refractivity contribution in [3.63, 3.8) is 0 Å². The number of hydrogen-bond donors (Lipinski definition) is 1. The molecule has 0 aliphatic heterocycles. The van der Waals surface area contributed by atoms with Crippen molar-refractivity contribution in [3.8, 4) is 17.2 Å². The number of esters is 4. The number of carbonyl (C=O) groups is 5. The Morgan fingerprint density at radius 2 is 1.14 bits per heavy atom. The quantitative estimate of drug-likeness (QED) is 0.0224. The average Bonchev–Trinajstić information content (AvgIpc) is 3.23. The molecule has 0 saturated heterocycles. The summed E-state index contributed by atoms with van der Waals surface area (Å²) in [5.41, 5.74) is 2.17. The number of unbranched alkanes of at least 4 members (excludes halogenated alkanes) is 2. The van der Waals surface area contributed by atoms with Crippen LogP contribution < -0.4 is 19.5 Å². The minimum atomic E-state index is -0.658. The van der Waals surface area contributed by atoms with Crippen LogP contribution in [0, 0.1) is 0 Å². The lowest BCUT2D eigenvalue weighted by Gasteiger charge is -2.11. The van der Waals surface area contributed by atoms with Crippen molar-refractivity contribution in [1.82, 2.24) is 0 Å². The molecule has 0 heterocycles. The van der Waals surface area contributed by atoms with E-state index in [1.807, 2.05) is 0 Å². The van der Waals surface area contributed by atoms with Crippen LogP contribution in [-0.2, 0) is 23.8 Å². The molecule has 13 nitrogen and oxygen atoms in total. The van der Waals surface area contributed by atoms with Gasteiger partial charge in [-0.05, 0) is 122 Å². The van der Waals surface area contributed by atoms with Crippen LogP contribution in [-0.4, -0.2) is 69.5 Å². The summed E-state index contributed by atoms with van der Waals surface area (Å²) in [7, 11) is 1.24. The minimum absolute atomic E-state index is 0.111. The Hall–Kier alpha value is -7.02. The minimum Gasteiger partial charge on any atom is -0.494 e. The standard InChI is InChI=1S/C43H42N2O11/c1-4-39(46)54-26-8-6-24-52-34-19-12-31(13-20-34)41(48)45-38-23-16-33(28-37(38)43(50)51-3)44-29-30-10-17-36(18-11-30)56-42(49)32-14-21-35(22-15-32)53-25-7-9-27-55-40(47)5-2/h4-5,10-23,28-29H,1-2,6-9,24-27H2,3H3,(H,45,48)/b44-29+. The molecule has 0 bridgehead atoms. The third-order valence-electron chi connectivity index (χ3n) is 7.75. The van der Waals surface area contributed by atoms with Crippen LogP contribution in [0.4, 0.5) is 11.4 Å². The van der Waals surface area contributed by atoms with E-state index in [1.165, 1.54) is 13.2 Å². The zero-order valence-corrected chi connectivity index (χ0v) is 30.9. The second kappa shape index (κ2) is 22.3. The van der Waals surface area contributed by atoms with Crippen LogP contribution in [0.15, 0.2) is 121 Å². The molecule has 4 rings (SSSR count). The number of nitrogens with one attached hydrogen (secondary N) is 1. The lowest BCUT2D eigenvalue weighted by Crippen LogP contribution is -2.15. The monoisotopic (exact) mass is 762 g/mol. The van der Waals surface area contributed by atoms with Crippen molar-refractivity contribution in [3.05, 3.63) is 139 Å². The summed E-state index contributed by atoms with van der Waals surface area (Å²) in [5, 5.41) is 2.75. The molecule has 0 atom stereocenters. The summed E-state index contributed by atoms with van der Waals surface area (Å²) in [5.74, 6) is -1.06. The molecule has 4 aromatic rings. The molecule has 0 saturated carbocycles. The van der Waals surface area contributed by atoms with Gasteiger partial charge < -0.3 is 33.7 Å². The summed E-state index contributed by atoms with van der Waals surface area (Å²) in [6, 6.07) is 24.5. The highest BCUT2D eigenvalue weighted by Crippen LogP contribution is 2.25. The van der Waals surface area contributed by atoms with Crippen LogP contribution in [0.5, 0.6) is 17.2 Å². The fourth-order valence-corrected chi connectivity index (χ4v) is 4.77. The molecule has 0 aromatic heterocycles. The Morgan fingerprint density at radius 1 is 0.625 bits per heavy atom. The predicted octanol–water partition coefficient (Wildman–Crippen LogP) is 7.47. The van der Waals surface area contributed by atoms with E-state index >= 15 is 0 Å². The maximum absolute atomic E-state index is 13.0. The Bertz CT molecular complexity index is 2010. The predicted molar refractivity (Wildman–Crippen MR) is 209 cm³/mol. The summed E-state index contributed by atoms with van der Waals surface area (Å²) < 4.78 is 31.7. The van der Waals surface area contributed by atoms with Gasteiger partial charge in [-0.2, -0.15) is 0 Å². The van der Waals surface area contributed by atoms with Gasteiger partial charge in [0.2, 0.25) is 0 Å². The number of anilines is 1. The highest BCUT2D eigenvalue weighted by Gasteiger charge is 2.16. The lowest BCUT2D eigenvalue weighted by atomic mass is 10.1. The maximum atomic E-state index is 13.0. The number of nitrogens with zero attached hydrogens (tertiary/aromatic N) is 1. The Kier molecular flexibility index (Phi) is 16.6. The third-order valence-corrected chi connectivity index (χ3v) is 7.75. The van der Waals surface area contributed by atoms with Gasteiger partial charge in [0.15, 0.2) is 0 Å². The number of aliphatic imine (C=N–C) groups is 1. The zero-order chi connectivity index (χ0) is 40.1. The number of rotatable bonds is 21. The van der Waals surface area contributed by atoms with E-state index in [0.29, 0.717) is 85.1 Å². The Balaban J connectivity index is 1.26. The van der Waals surface area contributed by atoms with Crippen LogP contribution in [0.2, 0.25) is 0 Å². The van der Waals surface area contributed by atoms with Crippen LogP contribution in [0.3, 0.4) is 0 Å². The highest BCUT2D eigenvalue weighted by molar-refractivity contribution is 6.08. The first-order valence-corrected chi connectivity index (χ1v) is 17.6. The molecule has 290 valence electrons. The van der Waals surface area contributed by atoms with E-state index in [2.05, 4.69) is 23.5 Å². The molecule has 0 aliphatic carbocycles. The Labute approximate surface area is 324 Å². The van der Waals surface area contributed by atoms with Gasteiger partial charge in [-0.1, -0.05) is 13.2 Å². The lowest BCUT2D eigenvalue weighted by molar-refractivity contribution is -0.138. The van der Waals surface area contributed by atoms with Gasteiger partial charge in [0.25, 0.3) is 5.91 Å². The summed E-state index contributed by atoms with van der Waals surface area (Å²) in [4.78, 5) is 65.0. The van der Waals surface area contributed by atoms with Crippen molar-refractivity contribution < 1.29 is 52.4 Å². The number of hydrogen-bond acceptors (Lipinski definition) is 12. The third kappa shape index (κ3) is 13.8. The molecule has 56 heavy (non-hydrogen) atoms. The van der Waals surface area contributed by atoms with Crippen molar-refractivity contribution >= 4 is 47.4 Å². The van der Waals surface area contributed by atoms with Gasteiger partial charge >= 0.3 is 23.9 Å². The van der Waals surface area contributed by atoms with E-state index in [1.54, 1.807) is 91.1 Å². The number of carbonyl (C=O) groups excluding carboxylic acids is 5. The van der Waals surface area contributed by atoms with Crippen molar-refractivity contribution in [1.29, 1.82) is 0 Å². The van der Waals surface area contributed by atoms with Crippen LogP contribution >= 0.6 is 0 Å². The van der Waals surface area contributed by atoms with E-state index in [-0.39, 0.29) is 17.9 Å². The fraction of sp³-hybridized carbons (Fsp3) is 0.209. The maximum Gasteiger partial charge on any atom is 0.343 e. The molecule has 1 amide bonds. The highest BCUT2D eigenvalue weighted by atomic mass is 16.5. The summed E-state index contributed by atoms with van der Waals surface area (Å²) in [6.07, 6.45) is 6.46. The van der Waals surface area contributed by atoms with Gasteiger partial charge in [-0.3, -0.25) is 9.79 Å². The molecule has 0 aliphatic rings. The van der Waals surface area contributed by atoms with E-state index in [9.17, 15) is 24.0 Å². The first kappa shape index (κ1) is 41.7. The smallest absolute Gasteiger partial charge is 0.343 e. The number of ether oxygens (including phenoxy) is 6. The van der Waals surface area contributed by atoms with Gasteiger partial charge in [0, 0.05) is 23.9 Å². The second-order valence-electron chi connectivity index (χ2n) is 11.8. The molecule has 0 unspecified atom stereocenters.